The number of hydrogen-bond donors (Lipinski definition) is 2. The van der Waals surface area contributed by atoms with Crippen LogP contribution < -0.4 is 10.0 Å². The van der Waals surface area contributed by atoms with Gasteiger partial charge in [0.2, 0.25) is 5.91 Å². The normalized spacial score (nSPS) is 22.5. The number of carbonyl (C=O) groups excluding carboxylic acids is 1. The molecule has 1 saturated heterocycles. The Bertz CT molecular complexity index is 942. The second-order valence-electron chi connectivity index (χ2n) is 6.63. The molecule has 1 aromatic carbocycles. The summed E-state index contributed by atoms with van der Waals surface area (Å²) in [5.74, 6) is -0.762. The minimum absolute atomic E-state index is 0.188. The third kappa shape index (κ3) is 4.18. The van der Waals surface area contributed by atoms with E-state index in [1.165, 1.54) is 19.2 Å². The largest absolute Gasteiger partial charge is 0.351 e. The Hall–Kier alpha value is -2.30. The van der Waals surface area contributed by atoms with Crippen LogP contribution in [-0.4, -0.2) is 41.5 Å². The Labute approximate surface area is 157 Å². The fraction of sp³-hybridized carbons (Fsp3) is 0.412. The maximum atomic E-state index is 13.0. The van der Waals surface area contributed by atoms with Crippen LogP contribution in [0.15, 0.2) is 30.5 Å². The fourth-order valence-electron chi connectivity index (χ4n) is 3.18. The van der Waals surface area contributed by atoms with E-state index in [1.807, 2.05) is 0 Å². The van der Waals surface area contributed by atoms with Gasteiger partial charge in [0.25, 0.3) is 10.2 Å². The van der Waals surface area contributed by atoms with E-state index < -0.39 is 28.2 Å². The van der Waals surface area contributed by atoms with Gasteiger partial charge in [-0.1, -0.05) is 12.1 Å². The average molecular weight is 395 g/mol. The molecule has 146 valence electrons. The summed E-state index contributed by atoms with van der Waals surface area (Å²) < 4.78 is 43.2. The van der Waals surface area contributed by atoms with Crippen LogP contribution in [0.1, 0.15) is 29.3 Å². The van der Waals surface area contributed by atoms with E-state index in [4.69, 9.17) is 0 Å². The molecule has 0 aliphatic carbocycles. The standard InChI is InChI=1S/C17H22FN5O3S/c1-11-14(10-22(2)20-11)15-8-16(23(3)27(25,26)21-15)17(24)19-9-12-4-6-13(18)7-5-12/h4-7,10,15-16,21H,8-9H2,1-3H3,(H,19,24). The zero-order valence-electron chi connectivity index (χ0n) is 15.3. The molecule has 0 spiro atoms. The van der Waals surface area contributed by atoms with Crippen LogP contribution in [0.25, 0.3) is 0 Å². The molecule has 0 saturated carbocycles. The number of halogens is 1. The van der Waals surface area contributed by atoms with Gasteiger partial charge in [-0.15, -0.1) is 0 Å². The maximum Gasteiger partial charge on any atom is 0.280 e. The SMILES string of the molecule is Cc1nn(C)cc1C1CC(C(=O)NCc2ccc(F)cc2)N(C)S(=O)(=O)N1. The Morgan fingerprint density at radius 1 is 1.33 bits per heavy atom. The highest BCUT2D eigenvalue weighted by atomic mass is 32.2. The number of nitrogens with one attached hydrogen (secondary N) is 2. The van der Waals surface area contributed by atoms with E-state index in [0.717, 1.165) is 15.4 Å². The first kappa shape index (κ1) is 19.5. The lowest BCUT2D eigenvalue weighted by Crippen LogP contribution is -2.57. The lowest BCUT2D eigenvalue weighted by Gasteiger charge is -2.36. The maximum absolute atomic E-state index is 13.0. The number of benzene rings is 1. The van der Waals surface area contributed by atoms with Gasteiger partial charge in [-0.05, 0) is 31.0 Å². The molecule has 2 N–H and O–H groups in total. The third-order valence-corrected chi connectivity index (χ3v) is 6.27. The van der Waals surface area contributed by atoms with Gasteiger partial charge in [0.15, 0.2) is 0 Å². The number of hydrogen-bond acceptors (Lipinski definition) is 4. The smallest absolute Gasteiger partial charge is 0.280 e. The van der Waals surface area contributed by atoms with Crippen molar-refractivity contribution in [2.45, 2.75) is 32.0 Å². The molecular formula is C17H22FN5O3S. The highest BCUT2D eigenvalue weighted by molar-refractivity contribution is 7.87. The van der Waals surface area contributed by atoms with Crippen LogP contribution >= 0.6 is 0 Å². The number of likely N-dealkylation sites (N-methyl/N-ethyl adjacent to an activating group) is 1. The van der Waals surface area contributed by atoms with Crippen LogP contribution in [0.2, 0.25) is 0 Å². The molecular weight excluding hydrogens is 373 g/mol. The Morgan fingerprint density at radius 2 is 2.00 bits per heavy atom. The van der Waals surface area contributed by atoms with Gasteiger partial charge in [-0.25, -0.2) is 4.39 Å². The van der Waals surface area contributed by atoms with Crippen molar-refractivity contribution in [2.24, 2.45) is 7.05 Å². The topological polar surface area (TPSA) is 96.3 Å². The van der Waals surface area contributed by atoms with E-state index in [2.05, 4.69) is 15.1 Å². The van der Waals surface area contributed by atoms with Crippen molar-refractivity contribution in [3.63, 3.8) is 0 Å². The summed E-state index contributed by atoms with van der Waals surface area (Å²) in [6, 6.07) is 4.36. The Morgan fingerprint density at radius 3 is 2.59 bits per heavy atom. The zero-order chi connectivity index (χ0) is 19.8. The van der Waals surface area contributed by atoms with Gasteiger partial charge in [-0.3, -0.25) is 9.48 Å². The van der Waals surface area contributed by atoms with Gasteiger partial charge in [0.1, 0.15) is 11.9 Å². The van der Waals surface area contributed by atoms with Crippen molar-refractivity contribution in [2.75, 3.05) is 7.05 Å². The minimum atomic E-state index is -3.81. The van der Waals surface area contributed by atoms with Gasteiger partial charge in [-0.2, -0.15) is 22.5 Å². The molecule has 2 unspecified atom stereocenters. The molecule has 1 aliphatic heterocycles. The molecule has 1 aromatic heterocycles. The lowest BCUT2D eigenvalue weighted by atomic mass is 10.00. The number of aryl methyl sites for hydroxylation is 2. The lowest BCUT2D eigenvalue weighted by molar-refractivity contribution is -0.125. The fourth-order valence-corrected chi connectivity index (χ4v) is 4.45. The molecule has 10 heteroatoms. The number of carbonyl (C=O) groups is 1. The van der Waals surface area contributed by atoms with Crippen molar-refractivity contribution in [1.29, 1.82) is 0 Å². The van der Waals surface area contributed by atoms with E-state index >= 15 is 0 Å². The quantitative estimate of drug-likeness (QED) is 0.799. The van der Waals surface area contributed by atoms with E-state index in [9.17, 15) is 17.6 Å². The predicted molar refractivity (Wildman–Crippen MR) is 97.2 cm³/mol. The molecule has 0 bridgehead atoms. The van der Waals surface area contributed by atoms with E-state index in [-0.39, 0.29) is 18.8 Å². The van der Waals surface area contributed by atoms with E-state index in [0.29, 0.717) is 5.69 Å². The number of aromatic nitrogens is 2. The third-order valence-electron chi connectivity index (χ3n) is 4.68. The van der Waals surface area contributed by atoms with Crippen molar-refractivity contribution >= 4 is 16.1 Å². The molecule has 8 nitrogen and oxygen atoms in total. The predicted octanol–water partition coefficient (Wildman–Crippen LogP) is 0.764. The molecule has 2 heterocycles. The summed E-state index contributed by atoms with van der Waals surface area (Å²) in [5.41, 5.74) is 2.18. The first-order chi connectivity index (χ1) is 12.7. The average Bonchev–Trinajstić information content (AvgIpc) is 2.94. The number of rotatable bonds is 4. The van der Waals surface area contributed by atoms with Gasteiger partial charge in [0.05, 0.1) is 11.7 Å². The first-order valence-electron chi connectivity index (χ1n) is 8.45. The molecule has 2 atom stereocenters. The van der Waals surface area contributed by atoms with Crippen LogP contribution in [-0.2, 0) is 28.6 Å². The van der Waals surface area contributed by atoms with Gasteiger partial charge >= 0.3 is 0 Å². The highest BCUT2D eigenvalue weighted by Gasteiger charge is 2.41. The van der Waals surface area contributed by atoms with Crippen molar-refractivity contribution < 1.29 is 17.6 Å². The molecule has 27 heavy (non-hydrogen) atoms. The summed E-state index contributed by atoms with van der Waals surface area (Å²) in [5, 5.41) is 6.98. The second-order valence-corrected chi connectivity index (χ2v) is 8.39. The van der Waals surface area contributed by atoms with Gasteiger partial charge < -0.3 is 5.32 Å². The first-order valence-corrected chi connectivity index (χ1v) is 9.89. The van der Waals surface area contributed by atoms with Crippen LogP contribution in [0.5, 0.6) is 0 Å². The van der Waals surface area contributed by atoms with Crippen molar-refractivity contribution in [3.8, 4) is 0 Å². The van der Waals surface area contributed by atoms with Crippen molar-refractivity contribution in [1.82, 2.24) is 24.1 Å². The van der Waals surface area contributed by atoms with Crippen molar-refractivity contribution in [3.05, 3.63) is 53.1 Å². The second kappa shape index (κ2) is 7.37. The van der Waals surface area contributed by atoms with Gasteiger partial charge in [0, 0.05) is 32.4 Å². The van der Waals surface area contributed by atoms with Crippen LogP contribution in [0.4, 0.5) is 4.39 Å². The molecule has 1 amide bonds. The summed E-state index contributed by atoms with van der Waals surface area (Å²) in [6.45, 7) is 1.99. The summed E-state index contributed by atoms with van der Waals surface area (Å²) in [7, 11) is -0.685. The van der Waals surface area contributed by atoms with Crippen LogP contribution in [0, 0.1) is 12.7 Å². The summed E-state index contributed by atoms with van der Waals surface area (Å²) in [4.78, 5) is 12.7. The molecule has 1 aliphatic rings. The molecule has 1 fully saturated rings. The minimum Gasteiger partial charge on any atom is -0.351 e. The number of nitrogens with zero attached hydrogens (tertiary/aromatic N) is 3. The summed E-state index contributed by atoms with van der Waals surface area (Å²) in [6.07, 6.45) is 2.03. The molecule has 0 radical (unpaired) electrons. The zero-order valence-corrected chi connectivity index (χ0v) is 16.1. The summed E-state index contributed by atoms with van der Waals surface area (Å²) >= 11 is 0. The highest BCUT2D eigenvalue weighted by Crippen LogP contribution is 2.29. The Kier molecular flexibility index (Phi) is 5.31. The number of amides is 1. The Balaban J connectivity index is 1.76. The van der Waals surface area contributed by atoms with E-state index in [1.54, 1.807) is 37.0 Å². The monoisotopic (exact) mass is 395 g/mol. The van der Waals surface area contributed by atoms with Crippen LogP contribution in [0.3, 0.4) is 0 Å². The molecule has 3 rings (SSSR count). The molecule has 2 aromatic rings.